The molecule has 0 amide bonds. The second-order valence-corrected chi connectivity index (χ2v) is 4.58. The molecular weight excluding hydrogens is 220 g/mol. The van der Waals surface area contributed by atoms with Gasteiger partial charge in [0, 0.05) is 23.7 Å². The van der Waals surface area contributed by atoms with E-state index in [-0.39, 0.29) is 18.0 Å². The van der Waals surface area contributed by atoms with Gasteiger partial charge in [0.25, 0.3) is 5.56 Å². The Morgan fingerprint density at radius 3 is 2.94 bits per heavy atom. The molecule has 92 valence electrons. The maximum atomic E-state index is 12.2. The quantitative estimate of drug-likeness (QED) is 0.833. The van der Waals surface area contributed by atoms with Gasteiger partial charge in [-0.05, 0) is 26.7 Å². The molecule has 2 heterocycles. The minimum Gasteiger partial charge on any atom is -0.481 e. The molecule has 5 nitrogen and oxygen atoms in total. The highest BCUT2D eigenvalue weighted by molar-refractivity contribution is 5.70. The Labute approximate surface area is 99.1 Å². The van der Waals surface area contributed by atoms with Gasteiger partial charge in [0.2, 0.25) is 0 Å². The molecular formula is C12H16N2O3. The fraction of sp³-hybridized carbons (Fsp3) is 0.583. The van der Waals surface area contributed by atoms with Crippen LogP contribution >= 0.6 is 0 Å². The summed E-state index contributed by atoms with van der Waals surface area (Å²) in [5.74, 6) is -0.198. The highest BCUT2D eigenvalue weighted by Crippen LogP contribution is 2.21. The highest BCUT2D eigenvalue weighted by atomic mass is 16.4. The zero-order valence-corrected chi connectivity index (χ0v) is 10.1. The number of hydrogen-bond acceptors (Lipinski definition) is 3. The molecule has 1 N–H and O–H groups in total. The van der Waals surface area contributed by atoms with Gasteiger partial charge in [-0.15, -0.1) is 0 Å². The van der Waals surface area contributed by atoms with Gasteiger partial charge in [0.15, 0.2) is 0 Å². The van der Waals surface area contributed by atoms with Crippen molar-refractivity contribution in [2.75, 3.05) is 0 Å². The number of nitrogens with zero attached hydrogens (tertiary/aromatic N) is 2. The van der Waals surface area contributed by atoms with E-state index in [1.54, 1.807) is 11.5 Å². The van der Waals surface area contributed by atoms with Crippen molar-refractivity contribution >= 4 is 5.97 Å². The van der Waals surface area contributed by atoms with Gasteiger partial charge in [-0.1, -0.05) is 0 Å². The van der Waals surface area contributed by atoms with E-state index in [1.807, 2.05) is 6.92 Å². The molecule has 0 spiro atoms. The Hall–Kier alpha value is -1.65. The van der Waals surface area contributed by atoms with Gasteiger partial charge < -0.3 is 5.11 Å². The summed E-state index contributed by atoms with van der Waals surface area (Å²) in [5.41, 5.74) is 0.690. The number of rotatable bonds is 2. The lowest BCUT2D eigenvalue weighted by Crippen LogP contribution is -2.34. The van der Waals surface area contributed by atoms with E-state index >= 15 is 0 Å². The van der Waals surface area contributed by atoms with E-state index in [9.17, 15) is 9.59 Å². The molecule has 0 fully saturated rings. The summed E-state index contributed by atoms with van der Waals surface area (Å²) >= 11 is 0. The number of aryl methyl sites for hydroxylation is 2. The largest absolute Gasteiger partial charge is 0.481 e. The Balaban J connectivity index is 2.60. The summed E-state index contributed by atoms with van der Waals surface area (Å²) < 4.78 is 1.66. The summed E-state index contributed by atoms with van der Waals surface area (Å²) in [4.78, 5) is 27.4. The van der Waals surface area contributed by atoms with Gasteiger partial charge >= 0.3 is 5.97 Å². The molecule has 17 heavy (non-hydrogen) atoms. The van der Waals surface area contributed by atoms with Crippen molar-refractivity contribution in [1.82, 2.24) is 9.55 Å². The van der Waals surface area contributed by atoms with Crippen LogP contribution < -0.4 is 5.56 Å². The normalized spacial score (nSPS) is 18.8. The monoisotopic (exact) mass is 236 g/mol. The third-order valence-corrected chi connectivity index (χ3v) is 3.28. The van der Waals surface area contributed by atoms with Crippen LogP contribution in [0.15, 0.2) is 4.79 Å². The molecule has 1 aromatic rings. The number of carbonyl (C=O) groups is 1. The van der Waals surface area contributed by atoms with E-state index in [4.69, 9.17) is 5.11 Å². The van der Waals surface area contributed by atoms with Gasteiger partial charge in [-0.3, -0.25) is 14.2 Å². The molecule has 1 atom stereocenters. The Bertz CT molecular complexity index is 519. The molecule has 1 aromatic heterocycles. The predicted octanol–water partition coefficient (Wildman–Crippen LogP) is 1.08. The van der Waals surface area contributed by atoms with Crippen molar-refractivity contribution in [3.63, 3.8) is 0 Å². The van der Waals surface area contributed by atoms with Crippen molar-refractivity contribution in [3.8, 4) is 0 Å². The fourth-order valence-corrected chi connectivity index (χ4v) is 2.40. The molecule has 5 heteroatoms. The van der Waals surface area contributed by atoms with Gasteiger partial charge in [-0.25, -0.2) is 4.98 Å². The second-order valence-electron chi connectivity index (χ2n) is 4.58. The number of carboxylic acid groups (broad SMARTS) is 1. The number of carboxylic acids is 1. The molecule has 0 aliphatic carbocycles. The summed E-state index contributed by atoms with van der Waals surface area (Å²) in [5, 5.41) is 8.81. The fourth-order valence-electron chi connectivity index (χ4n) is 2.40. The van der Waals surface area contributed by atoms with Gasteiger partial charge in [0.1, 0.15) is 5.82 Å². The molecule has 1 unspecified atom stereocenters. The topological polar surface area (TPSA) is 72.2 Å². The molecule has 2 rings (SSSR count). The maximum Gasteiger partial charge on any atom is 0.308 e. The maximum absolute atomic E-state index is 12.2. The Kier molecular flexibility index (Phi) is 3.00. The second kappa shape index (κ2) is 4.31. The van der Waals surface area contributed by atoms with Crippen LogP contribution in [0.3, 0.4) is 0 Å². The van der Waals surface area contributed by atoms with Crippen molar-refractivity contribution < 1.29 is 9.90 Å². The minimum absolute atomic E-state index is 0.117. The SMILES string of the molecule is Cc1nc2n(c(=O)c1CC(=O)O)C(C)CCC2. The number of fused-ring (bicyclic) bond motifs is 1. The first-order chi connectivity index (χ1) is 8.00. The summed E-state index contributed by atoms with van der Waals surface area (Å²) in [7, 11) is 0. The molecule has 0 bridgehead atoms. The van der Waals surface area contributed by atoms with E-state index in [0.717, 1.165) is 25.1 Å². The molecule has 1 aliphatic rings. The van der Waals surface area contributed by atoms with Crippen molar-refractivity contribution in [3.05, 3.63) is 27.4 Å². The van der Waals surface area contributed by atoms with E-state index in [1.165, 1.54) is 0 Å². The minimum atomic E-state index is -0.990. The van der Waals surface area contributed by atoms with E-state index in [0.29, 0.717) is 11.3 Å². The summed E-state index contributed by atoms with van der Waals surface area (Å²) in [6, 6.07) is 0.117. The van der Waals surface area contributed by atoms with Crippen LogP contribution in [0.5, 0.6) is 0 Å². The lowest BCUT2D eigenvalue weighted by molar-refractivity contribution is -0.136. The molecule has 0 aromatic carbocycles. The highest BCUT2D eigenvalue weighted by Gasteiger charge is 2.22. The van der Waals surface area contributed by atoms with E-state index < -0.39 is 5.97 Å². The third-order valence-electron chi connectivity index (χ3n) is 3.28. The summed E-state index contributed by atoms with van der Waals surface area (Å²) in [6.07, 6.45) is 2.54. The predicted molar refractivity (Wildman–Crippen MR) is 62.2 cm³/mol. The van der Waals surface area contributed by atoms with Crippen LogP contribution in [0.2, 0.25) is 0 Å². The van der Waals surface area contributed by atoms with Crippen LogP contribution in [-0.2, 0) is 17.6 Å². The number of aliphatic carboxylic acids is 1. The molecule has 0 radical (unpaired) electrons. The van der Waals surface area contributed by atoms with Crippen molar-refractivity contribution in [2.24, 2.45) is 0 Å². The lowest BCUT2D eigenvalue weighted by atomic mass is 10.0. The van der Waals surface area contributed by atoms with Crippen LogP contribution in [0, 0.1) is 6.92 Å². The zero-order valence-electron chi connectivity index (χ0n) is 10.1. The number of hydrogen-bond donors (Lipinski definition) is 1. The first kappa shape index (κ1) is 11.8. The van der Waals surface area contributed by atoms with E-state index in [2.05, 4.69) is 4.98 Å². The molecule has 1 aliphatic heterocycles. The average molecular weight is 236 g/mol. The first-order valence-corrected chi connectivity index (χ1v) is 5.83. The van der Waals surface area contributed by atoms with Gasteiger partial charge in [0.05, 0.1) is 6.42 Å². The zero-order chi connectivity index (χ0) is 12.6. The van der Waals surface area contributed by atoms with Crippen LogP contribution in [-0.4, -0.2) is 20.6 Å². The Morgan fingerprint density at radius 1 is 1.59 bits per heavy atom. The first-order valence-electron chi connectivity index (χ1n) is 5.83. The van der Waals surface area contributed by atoms with Crippen LogP contribution in [0.25, 0.3) is 0 Å². The van der Waals surface area contributed by atoms with Gasteiger partial charge in [-0.2, -0.15) is 0 Å². The van der Waals surface area contributed by atoms with Crippen LogP contribution in [0.4, 0.5) is 0 Å². The van der Waals surface area contributed by atoms with Crippen LogP contribution in [0.1, 0.15) is 42.9 Å². The molecule has 0 saturated carbocycles. The average Bonchev–Trinajstić information content (AvgIpc) is 2.23. The van der Waals surface area contributed by atoms with Crippen molar-refractivity contribution in [2.45, 2.75) is 45.6 Å². The lowest BCUT2D eigenvalue weighted by Gasteiger charge is -2.25. The molecule has 0 saturated heterocycles. The third kappa shape index (κ3) is 2.09. The number of aromatic nitrogens is 2. The summed E-state index contributed by atoms with van der Waals surface area (Å²) in [6.45, 7) is 3.69. The van der Waals surface area contributed by atoms with Crippen molar-refractivity contribution in [1.29, 1.82) is 0 Å². The Morgan fingerprint density at radius 2 is 2.29 bits per heavy atom. The smallest absolute Gasteiger partial charge is 0.308 e. The standard InChI is InChI=1S/C12H16N2O3/c1-7-4-3-5-10-13-8(2)9(6-11(15)16)12(17)14(7)10/h7H,3-6H2,1-2H3,(H,15,16).